The molecule has 0 radical (unpaired) electrons. The second kappa shape index (κ2) is 23.1. The third kappa shape index (κ3) is 95.4. The van der Waals surface area contributed by atoms with E-state index in [-0.39, 0.29) is 41.5 Å². The normalized spacial score (nSPS) is 11.3. The maximum absolute atomic E-state index is 11.6. The largest absolute Gasteiger partial charge is 0.389 e. The summed E-state index contributed by atoms with van der Waals surface area (Å²) in [7, 11) is 0. The summed E-state index contributed by atoms with van der Waals surface area (Å²) in [5.41, 5.74) is 0.223. The zero-order chi connectivity index (χ0) is 25.6. The van der Waals surface area contributed by atoms with Gasteiger partial charge in [0.05, 0.1) is 0 Å². The van der Waals surface area contributed by atoms with Gasteiger partial charge in [0.25, 0.3) is 0 Å². The molecule has 220 valence electrons. The van der Waals surface area contributed by atoms with E-state index in [9.17, 15) is 22.0 Å². The lowest BCUT2D eigenvalue weighted by Gasteiger charge is -2.19. The van der Waals surface area contributed by atoms with E-state index in [2.05, 4.69) is 55.4 Å². The van der Waals surface area contributed by atoms with Crippen LogP contribution in [0.2, 0.25) is 0 Å². The van der Waals surface area contributed by atoms with Crippen LogP contribution in [0, 0.1) is 21.7 Å². The van der Waals surface area contributed by atoms with Gasteiger partial charge in [-0.2, -0.15) is 13.2 Å². The van der Waals surface area contributed by atoms with Gasteiger partial charge in [0.15, 0.2) is 0 Å². The molecular formula is C29H69F5. The van der Waals surface area contributed by atoms with Gasteiger partial charge in [0.2, 0.25) is 6.43 Å². The number of rotatable bonds is 2. The summed E-state index contributed by atoms with van der Waals surface area (Å²) >= 11 is 0. The van der Waals surface area contributed by atoms with Crippen LogP contribution in [0.3, 0.4) is 0 Å². The Morgan fingerprint density at radius 2 is 0.824 bits per heavy atom. The third-order valence-corrected chi connectivity index (χ3v) is 3.56. The SMILES string of the molecule is C.C.C.C.CC(C)(C)CC(F)(F)F.CC(C)(C)CC(F)F.CCC(C)(C)C.CCCC(C)(C)C. The smallest absolute Gasteiger partial charge is 0.211 e. The monoisotopic (exact) mass is 513 g/mol. The average Bonchev–Trinajstić information content (AvgIpc) is 2.30. The van der Waals surface area contributed by atoms with Crippen molar-refractivity contribution in [3.05, 3.63) is 0 Å². The molecule has 5 heteroatoms. The molecule has 0 heterocycles. The highest BCUT2D eigenvalue weighted by molar-refractivity contribution is 4.66. The van der Waals surface area contributed by atoms with Crippen molar-refractivity contribution in [2.75, 3.05) is 0 Å². The van der Waals surface area contributed by atoms with E-state index in [1.165, 1.54) is 19.3 Å². The minimum Gasteiger partial charge on any atom is -0.211 e. The molecule has 0 saturated carbocycles. The number of halogens is 5. The van der Waals surface area contributed by atoms with E-state index >= 15 is 0 Å². The van der Waals surface area contributed by atoms with Crippen LogP contribution in [-0.4, -0.2) is 12.6 Å². The van der Waals surface area contributed by atoms with Gasteiger partial charge in [0.1, 0.15) is 0 Å². The fourth-order valence-corrected chi connectivity index (χ4v) is 1.81. The fourth-order valence-electron chi connectivity index (χ4n) is 1.81. The van der Waals surface area contributed by atoms with Crippen molar-refractivity contribution < 1.29 is 22.0 Å². The summed E-state index contributed by atoms with van der Waals surface area (Å²) < 4.78 is 57.7. The maximum atomic E-state index is 11.6. The molecule has 0 aromatic carbocycles. The summed E-state index contributed by atoms with van der Waals surface area (Å²) in [6, 6.07) is 0. The van der Waals surface area contributed by atoms with Crippen molar-refractivity contribution in [3.63, 3.8) is 0 Å². The number of alkyl halides is 5. The first kappa shape index (κ1) is 54.5. The Hall–Kier alpha value is -0.350. The van der Waals surface area contributed by atoms with Gasteiger partial charge < -0.3 is 0 Å². The van der Waals surface area contributed by atoms with Gasteiger partial charge in [-0.1, -0.05) is 139 Å². The fraction of sp³-hybridized carbons (Fsp3) is 1.00. The molecule has 0 atom stereocenters. The Labute approximate surface area is 215 Å². The summed E-state index contributed by atoms with van der Waals surface area (Å²) in [6.45, 7) is 28.1. The molecule has 0 amide bonds. The molecule has 0 aliphatic rings. The van der Waals surface area contributed by atoms with Gasteiger partial charge in [-0.3, -0.25) is 0 Å². The second-order valence-electron chi connectivity index (χ2n) is 12.7. The minimum absolute atomic E-state index is 0. The molecular weight excluding hydrogens is 443 g/mol. The summed E-state index contributed by atoms with van der Waals surface area (Å²) in [5, 5.41) is 0. The molecule has 0 N–H and O–H groups in total. The Kier molecular flexibility index (Phi) is 37.0. The van der Waals surface area contributed by atoms with Crippen LogP contribution in [0.25, 0.3) is 0 Å². The first-order chi connectivity index (χ1) is 12.7. The molecule has 0 nitrogen and oxygen atoms in total. The lowest BCUT2D eigenvalue weighted by molar-refractivity contribution is -0.152. The zero-order valence-electron chi connectivity index (χ0n) is 22.5. The van der Waals surface area contributed by atoms with Crippen LogP contribution in [-0.2, 0) is 0 Å². The van der Waals surface area contributed by atoms with E-state index in [1.54, 1.807) is 41.5 Å². The van der Waals surface area contributed by atoms with Crippen molar-refractivity contribution in [1.29, 1.82) is 0 Å². The molecule has 0 aliphatic carbocycles. The Balaban J connectivity index is -0.0000000429. The van der Waals surface area contributed by atoms with E-state index in [4.69, 9.17) is 0 Å². The summed E-state index contributed by atoms with van der Waals surface area (Å²) in [5.74, 6) is 0. The predicted octanol–water partition coefficient (Wildman–Crippen LogP) is 13.5. The Morgan fingerprint density at radius 3 is 0.824 bits per heavy atom. The van der Waals surface area contributed by atoms with Crippen molar-refractivity contribution in [2.24, 2.45) is 21.7 Å². The highest BCUT2D eigenvalue weighted by Gasteiger charge is 2.33. The molecule has 0 unspecified atom stereocenters. The first-order valence-electron chi connectivity index (χ1n) is 11.1. The topological polar surface area (TPSA) is 0 Å². The lowest BCUT2D eigenvalue weighted by atomic mass is 9.91. The van der Waals surface area contributed by atoms with Gasteiger partial charge >= 0.3 is 6.18 Å². The molecule has 0 aliphatic heterocycles. The third-order valence-electron chi connectivity index (χ3n) is 3.56. The van der Waals surface area contributed by atoms with Gasteiger partial charge in [-0.05, 0) is 28.1 Å². The molecule has 0 saturated heterocycles. The standard InChI is InChI=1S/C7H16.C6H11F3.C6H12F2.C6H14.4CH4/c1-5-6-7(2,3)4;1-5(2,3)4-6(7,8)9;1-6(2,3)4-5(7)8;1-5-6(2,3)4;;;;/h5-6H2,1-4H3;4H2,1-3H3;5H,4H2,1-3H3;5H2,1-4H3;4*1H4. The van der Waals surface area contributed by atoms with Crippen LogP contribution in [0.1, 0.15) is 159 Å². The quantitative estimate of drug-likeness (QED) is 0.323. The van der Waals surface area contributed by atoms with Gasteiger partial charge in [-0.15, -0.1) is 0 Å². The number of hydrogen-bond acceptors (Lipinski definition) is 0. The Bertz CT molecular complexity index is 358. The van der Waals surface area contributed by atoms with E-state index in [1.807, 2.05) is 0 Å². The average molecular weight is 513 g/mol. The van der Waals surface area contributed by atoms with Crippen LogP contribution in [0.4, 0.5) is 22.0 Å². The highest BCUT2D eigenvalue weighted by Crippen LogP contribution is 2.31. The molecule has 0 spiro atoms. The van der Waals surface area contributed by atoms with Gasteiger partial charge in [0, 0.05) is 12.8 Å². The molecule has 34 heavy (non-hydrogen) atoms. The second-order valence-corrected chi connectivity index (χ2v) is 12.7. The van der Waals surface area contributed by atoms with Crippen molar-refractivity contribution in [2.45, 2.75) is 171 Å². The van der Waals surface area contributed by atoms with Crippen LogP contribution in [0.15, 0.2) is 0 Å². The molecule has 0 rings (SSSR count). The number of hydrogen-bond donors (Lipinski definition) is 0. The lowest BCUT2D eigenvalue weighted by Crippen LogP contribution is -2.18. The van der Waals surface area contributed by atoms with Gasteiger partial charge in [-0.25, -0.2) is 8.78 Å². The van der Waals surface area contributed by atoms with Crippen LogP contribution >= 0.6 is 0 Å². The summed E-state index contributed by atoms with van der Waals surface area (Å²) in [4.78, 5) is 0. The van der Waals surface area contributed by atoms with E-state index in [0.29, 0.717) is 10.8 Å². The minimum atomic E-state index is -4.02. The van der Waals surface area contributed by atoms with Crippen molar-refractivity contribution in [3.8, 4) is 0 Å². The zero-order valence-corrected chi connectivity index (χ0v) is 22.5. The van der Waals surface area contributed by atoms with E-state index in [0.717, 1.165) is 0 Å². The summed E-state index contributed by atoms with van der Waals surface area (Å²) in [6.07, 6.45) is -2.97. The van der Waals surface area contributed by atoms with Crippen molar-refractivity contribution in [1.82, 2.24) is 0 Å². The molecule has 0 fully saturated rings. The molecule has 0 bridgehead atoms. The van der Waals surface area contributed by atoms with Crippen LogP contribution in [0.5, 0.6) is 0 Å². The predicted molar refractivity (Wildman–Crippen MR) is 151 cm³/mol. The highest BCUT2D eigenvalue weighted by atomic mass is 19.4. The maximum Gasteiger partial charge on any atom is 0.389 e. The first-order valence-corrected chi connectivity index (χ1v) is 11.1. The Morgan fingerprint density at radius 1 is 0.529 bits per heavy atom. The molecule has 0 aromatic heterocycles. The van der Waals surface area contributed by atoms with Crippen molar-refractivity contribution >= 4 is 0 Å². The van der Waals surface area contributed by atoms with E-state index < -0.39 is 24.4 Å². The molecule has 0 aromatic rings. The van der Waals surface area contributed by atoms with Crippen LogP contribution < -0.4 is 0 Å².